The number of aromatic nitrogens is 1. The molecule has 1 fully saturated rings. The first-order valence-electron chi connectivity index (χ1n) is 11.9. The van der Waals surface area contributed by atoms with E-state index in [2.05, 4.69) is 95.9 Å². The molecule has 34 heavy (non-hydrogen) atoms. The fourth-order valence-corrected chi connectivity index (χ4v) is 4.93. The van der Waals surface area contributed by atoms with Crippen LogP contribution in [0, 0.1) is 13.8 Å². The first kappa shape index (κ1) is 22.0. The summed E-state index contributed by atoms with van der Waals surface area (Å²) in [4.78, 5) is 4.89. The predicted octanol–water partition coefficient (Wildman–Crippen LogP) is 5.47. The quantitative estimate of drug-likeness (QED) is 0.404. The molecule has 4 N–H and O–H groups in total. The van der Waals surface area contributed by atoms with Crippen molar-refractivity contribution in [1.82, 2.24) is 4.57 Å². The number of nitrogen functional groups attached to an aromatic ring is 2. The second kappa shape index (κ2) is 8.82. The zero-order chi connectivity index (χ0) is 23.8. The normalized spacial score (nSPS) is 14.0. The van der Waals surface area contributed by atoms with E-state index in [4.69, 9.17) is 11.5 Å². The Hall–Kier alpha value is -3.86. The lowest BCUT2D eigenvalue weighted by Gasteiger charge is -2.37. The number of aryl methyl sites for hydroxylation is 1. The molecule has 0 saturated carbocycles. The minimum absolute atomic E-state index is 0.805. The largest absolute Gasteiger partial charge is 0.399 e. The smallest absolute Gasteiger partial charge is 0.0610 e. The Morgan fingerprint density at radius 1 is 0.676 bits per heavy atom. The summed E-state index contributed by atoms with van der Waals surface area (Å²) >= 11 is 0. The van der Waals surface area contributed by atoms with Gasteiger partial charge in [-0.05, 0) is 61.4 Å². The molecule has 1 saturated heterocycles. The molecule has 0 unspecified atom stereocenters. The maximum absolute atomic E-state index is 6.68. The Balaban J connectivity index is 1.44. The highest BCUT2D eigenvalue weighted by molar-refractivity contribution is 5.92. The van der Waals surface area contributed by atoms with Gasteiger partial charge in [0.15, 0.2) is 0 Å². The molecule has 0 spiro atoms. The van der Waals surface area contributed by atoms with Gasteiger partial charge in [0.1, 0.15) is 0 Å². The fraction of sp³-hybridized carbons (Fsp3) is 0.241. The summed E-state index contributed by atoms with van der Waals surface area (Å²) in [6.45, 7) is 8.12. The number of benzene rings is 3. The second-order valence-corrected chi connectivity index (χ2v) is 9.26. The van der Waals surface area contributed by atoms with Crippen molar-refractivity contribution in [1.29, 1.82) is 0 Å². The molecule has 1 aliphatic heterocycles. The van der Waals surface area contributed by atoms with Gasteiger partial charge in [0, 0.05) is 61.5 Å². The van der Waals surface area contributed by atoms with Crippen LogP contribution in [-0.2, 0) is 7.05 Å². The molecule has 5 heteroatoms. The molecule has 3 aromatic carbocycles. The summed E-state index contributed by atoms with van der Waals surface area (Å²) in [6, 6.07) is 25.7. The van der Waals surface area contributed by atoms with Crippen molar-refractivity contribution in [3.8, 4) is 22.4 Å². The summed E-state index contributed by atoms with van der Waals surface area (Å²) in [5.41, 5.74) is 23.6. The number of anilines is 4. The van der Waals surface area contributed by atoms with Crippen LogP contribution in [-0.4, -0.2) is 30.7 Å². The summed E-state index contributed by atoms with van der Waals surface area (Å²) in [5.74, 6) is 0. The van der Waals surface area contributed by atoms with Crippen LogP contribution in [0.25, 0.3) is 22.4 Å². The molecule has 174 valence electrons. The van der Waals surface area contributed by atoms with Gasteiger partial charge in [0.2, 0.25) is 0 Å². The van der Waals surface area contributed by atoms with E-state index in [9.17, 15) is 0 Å². The second-order valence-electron chi connectivity index (χ2n) is 9.26. The molecule has 0 radical (unpaired) electrons. The van der Waals surface area contributed by atoms with Crippen molar-refractivity contribution < 1.29 is 0 Å². The van der Waals surface area contributed by atoms with Gasteiger partial charge < -0.3 is 25.8 Å². The van der Waals surface area contributed by atoms with E-state index in [1.165, 1.54) is 28.2 Å². The van der Waals surface area contributed by atoms with Crippen LogP contribution < -0.4 is 21.3 Å². The molecule has 5 rings (SSSR count). The highest BCUT2D eigenvalue weighted by atomic mass is 15.3. The molecule has 5 nitrogen and oxygen atoms in total. The van der Waals surface area contributed by atoms with E-state index in [0.717, 1.165) is 54.4 Å². The van der Waals surface area contributed by atoms with E-state index in [0.29, 0.717) is 0 Å². The van der Waals surface area contributed by atoms with Crippen molar-refractivity contribution >= 4 is 22.7 Å². The third-order valence-corrected chi connectivity index (χ3v) is 7.10. The maximum atomic E-state index is 6.68. The van der Waals surface area contributed by atoms with Crippen molar-refractivity contribution in [2.45, 2.75) is 13.8 Å². The highest BCUT2D eigenvalue weighted by Gasteiger charge is 2.22. The highest BCUT2D eigenvalue weighted by Crippen LogP contribution is 2.41. The Kier molecular flexibility index (Phi) is 5.70. The van der Waals surface area contributed by atoms with Crippen molar-refractivity contribution in [2.24, 2.45) is 7.05 Å². The number of nitrogens with two attached hydrogens (primary N) is 2. The lowest BCUT2D eigenvalue weighted by atomic mass is 9.98. The van der Waals surface area contributed by atoms with E-state index < -0.39 is 0 Å². The number of hydrogen-bond donors (Lipinski definition) is 2. The van der Waals surface area contributed by atoms with Crippen LogP contribution >= 0.6 is 0 Å². The van der Waals surface area contributed by atoms with E-state index in [1.54, 1.807) is 0 Å². The fourth-order valence-electron chi connectivity index (χ4n) is 4.93. The van der Waals surface area contributed by atoms with Crippen molar-refractivity contribution in [3.05, 3.63) is 84.1 Å². The van der Waals surface area contributed by atoms with E-state index >= 15 is 0 Å². The minimum Gasteiger partial charge on any atom is -0.399 e. The minimum atomic E-state index is 0.805. The Morgan fingerprint density at radius 3 is 1.94 bits per heavy atom. The molecule has 0 atom stereocenters. The third-order valence-electron chi connectivity index (χ3n) is 7.10. The third kappa shape index (κ3) is 3.98. The molecular weight excluding hydrogens is 418 g/mol. The standard InChI is InChI=1S/C29H33N5/c1-20-7-9-22(10-8-20)29-27(28(31)21(2)32(29)3)23-5-4-6-26(19-23)34-17-15-33(16-18-34)25-13-11-24(30)12-14-25/h4-14,19H,15-18,30-31H2,1-3H3. The SMILES string of the molecule is Cc1ccc(-c2c(-c3cccc(N4CCN(c5ccc(N)cc5)CC4)c3)c(N)c(C)n2C)cc1. The lowest BCUT2D eigenvalue weighted by Crippen LogP contribution is -2.46. The predicted molar refractivity (Wildman–Crippen MR) is 145 cm³/mol. The molecule has 4 aromatic rings. The molecule has 1 aromatic heterocycles. The molecular formula is C29H33N5. The van der Waals surface area contributed by atoms with Crippen molar-refractivity contribution in [2.75, 3.05) is 47.4 Å². The van der Waals surface area contributed by atoms with Gasteiger partial charge in [-0.2, -0.15) is 0 Å². The number of rotatable bonds is 4. The molecule has 1 aliphatic rings. The molecule has 0 bridgehead atoms. The average molecular weight is 452 g/mol. The van der Waals surface area contributed by atoms with Gasteiger partial charge in [-0.3, -0.25) is 0 Å². The first-order chi connectivity index (χ1) is 16.4. The van der Waals surface area contributed by atoms with Gasteiger partial charge >= 0.3 is 0 Å². The average Bonchev–Trinajstić information content (AvgIpc) is 3.09. The van der Waals surface area contributed by atoms with Crippen LogP contribution in [0.1, 0.15) is 11.3 Å². The van der Waals surface area contributed by atoms with Gasteiger partial charge in [0.25, 0.3) is 0 Å². The Morgan fingerprint density at radius 2 is 1.29 bits per heavy atom. The van der Waals surface area contributed by atoms with E-state index in [-0.39, 0.29) is 0 Å². The van der Waals surface area contributed by atoms with Crippen LogP contribution in [0.15, 0.2) is 72.8 Å². The number of nitrogens with zero attached hydrogens (tertiary/aromatic N) is 3. The van der Waals surface area contributed by atoms with Gasteiger partial charge in [-0.15, -0.1) is 0 Å². The summed E-state index contributed by atoms with van der Waals surface area (Å²) < 4.78 is 2.22. The number of piperazine rings is 1. The van der Waals surface area contributed by atoms with Crippen molar-refractivity contribution in [3.63, 3.8) is 0 Å². The summed E-state index contributed by atoms with van der Waals surface area (Å²) in [5, 5.41) is 0. The van der Waals surface area contributed by atoms with Crippen LogP contribution in [0.4, 0.5) is 22.7 Å². The molecule has 2 heterocycles. The van der Waals surface area contributed by atoms with Gasteiger partial charge in [-0.1, -0.05) is 42.0 Å². The van der Waals surface area contributed by atoms with Gasteiger partial charge in [0.05, 0.1) is 11.4 Å². The summed E-state index contributed by atoms with van der Waals surface area (Å²) in [7, 11) is 2.10. The first-order valence-corrected chi connectivity index (χ1v) is 11.9. The topological polar surface area (TPSA) is 63.4 Å². The maximum Gasteiger partial charge on any atom is 0.0610 e. The van der Waals surface area contributed by atoms with Crippen LogP contribution in [0.3, 0.4) is 0 Å². The van der Waals surface area contributed by atoms with Gasteiger partial charge in [-0.25, -0.2) is 0 Å². The lowest BCUT2D eigenvalue weighted by molar-refractivity contribution is 0.654. The Labute approximate surface area is 202 Å². The van der Waals surface area contributed by atoms with Crippen LogP contribution in [0.2, 0.25) is 0 Å². The Bertz CT molecular complexity index is 1290. The summed E-state index contributed by atoms with van der Waals surface area (Å²) in [6.07, 6.45) is 0. The zero-order valence-corrected chi connectivity index (χ0v) is 20.3. The molecule has 0 amide bonds. The van der Waals surface area contributed by atoms with E-state index in [1.807, 2.05) is 12.1 Å². The van der Waals surface area contributed by atoms with Crippen LogP contribution in [0.5, 0.6) is 0 Å². The number of hydrogen-bond acceptors (Lipinski definition) is 4. The molecule has 0 aliphatic carbocycles. The zero-order valence-electron chi connectivity index (χ0n) is 20.3. The monoisotopic (exact) mass is 451 g/mol.